The number of nitrogens with zero attached hydrogens (tertiary/aromatic N) is 12. The molecular weight excluding hydrogens is 1490 g/mol. The highest BCUT2D eigenvalue weighted by Crippen LogP contribution is 2.55. The molecular formula is C93H99F6N15O3. The maximum absolute atomic E-state index is 15.4. The first-order chi connectivity index (χ1) is 56.4. The first kappa shape index (κ1) is 79.9. The minimum atomic E-state index is -0.666. The van der Waals surface area contributed by atoms with Gasteiger partial charge in [-0.25, -0.2) is 56.2 Å². The van der Waals surface area contributed by atoms with Crippen LogP contribution in [-0.4, -0.2) is 124 Å². The quantitative estimate of drug-likeness (QED) is 0.0821. The number of pyridine rings is 9. The number of anilines is 9. The van der Waals surface area contributed by atoms with Gasteiger partial charge in [0, 0.05) is 165 Å². The van der Waals surface area contributed by atoms with Gasteiger partial charge in [-0.15, -0.1) is 0 Å². The summed E-state index contributed by atoms with van der Waals surface area (Å²) in [4.78, 5) is 48.7. The minimum Gasteiger partial charge on any atom is -0.378 e. The number of rotatable bonds is 15. The molecule has 0 amide bonds. The molecule has 18 rings (SSSR count). The Hall–Kier alpha value is -11.0. The van der Waals surface area contributed by atoms with Gasteiger partial charge in [0.15, 0.2) is 0 Å². The predicted octanol–water partition coefficient (Wildman–Crippen LogP) is 21.5. The SMILES string of the molecule is Cc1c(-c2ccccn2)nc2cc(F)cc(F)c2c1Nc1cc(N2CCOCC2)ncc1C1CCCC1(C)C.Cc1c(-c2ccccn2)nc2cc(F)cc(F)c2c1Nc1cc(N2CCOCC2)ncc1[C@@H]1CCCC1(C)C.Cc1c(-c2ccccn2)nc2cc(F)cc(F)c2c1Nc1cc(N2CCOCC2)ncc1[C@H]1CCCC1(C)C. The molecule has 12 aromatic rings. The number of ether oxygens (including phenoxy) is 3. The van der Waals surface area contributed by atoms with E-state index in [2.05, 4.69) is 120 Å². The molecule has 9 aromatic heterocycles. The van der Waals surface area contributed by atoms with Gasteiger partial charge in [0.1, 0.15) is 52.4 Å². The smallest absolute Gasteiger partial charge is 0.137 e. The van der Waals surface area contributed by atoms with Crippen molar-refractivity contribution in [3.8, 4) is 34.2 Å². The van der Waals surface area contributed by atoms with Crippen LogP contribution in [0, 0.1) is 71.9 Å². The number of fused-ring (bicyclic) bond motifs is 3. The van der Waals surface area contributed by atoms with Crippen LogP contribution in [0.2, 0.25) is 0 Å². The minimum absolute atomic E-state index is 0.113. The molecule has 3 aliphatic heterocycles. The third-order valence-corrected chi connectivity index (χ3v) is 24.9. The maximum Gasteiger partial charge on any atom is 0.137 e. The van der Waals surface area contributed by atoms with Crippen molar-refractivity contribution >= 4 is 84.3 Å². The fourth-order valence-corrected chi connectivity index (χ4v) is 18.5. The Morgan fingerprint density at radius 2 is 0.632 bits per heavy atom. The molecule has 0 bridgehead atoms. The summed E-state index contributed by atoms with van der Waals surface area (Å²) in [6.45, 7) is 28.0. The molecule has 12 heterocycles. The van der Waals surface area contributed by atoms with Crippen molar-refractivity contribution in [1.82, 2.24) is 44.9 Å². The summed E-state index contributed by atoms with van der Waals surface area (Å²) < 4.78 is 106. The van der Waals surface area contributed by atoms with Gasteiger partial charge >= 0.3 is 0 Å². The van der Waals surface area contributed by atoms with Gasteiger partial charge < -0.3 is 44.9 Å². The van der Waals surface area contributed by atoms with Crippen LogP contribution in [0.3, 0.4) is 0 Å². The Balaban J connectivity index is 0.000000131. The van der Waals surface area contributed by atoms with E-state index in [9.17, 15) is 13.2 Å². The summed E-state index contributed by atoms with van der Waals surface area (Å²) in [5.41, 5.74) is 14.7. The molecule has 117 heavy (non-hydrogen) atoms. The lowest BCUT2D eigenvalue weighted by Gasteiger charge is -2.32. The second-order valence-electron chi connectivity index (χ2n) is 33.7. The van der Waals surface area contributed by atoms with Gasteiger partial charge in [0.05, 0.1) is 124 Å². The van der Waals surface area contributed by atoms with E-state index < -0.39 is 34.9 Å². The van der Waals surface area contributed by atoms with E-state index in [1.165, 1.54) is 18.2 Å². The molecule has 3 aromatic carbocycles. The first-order valence-corrected chi connectivity index (χ1v) is 40.9. The summed E-state index contributed by atoms with van der Waals surface area (Å²) in [6.07, 6.45) is 21.1. The van der Waals surface area contributed by atoms with Crippen molar-refractivity contribution in [2.45, 2.75) is 138 Å². The molecule has 24 heteroatoms. The average Bonchev–Trinajstić information content (AvgIpc) is 1.09. The average molecular weight is 1590 g/mol. The molecule has 0 radical (unpaired) electrons. The molecule has 0 spiro atoms. The van der Waals surface area contributed by atoms with Crippen LogP contribution in [0.25, 0.3) is 66.9 Å². The normalized spacial score (nSPS) is 19.0. The highest BCUT2D eigenvalue weighted by atomic mass is 19.2. The molecule has 1 unspecified atom stereocenters. The van der Waals surface area contributed by atoms with Crippen molar-refractivity contribution in [2.24, 2.45) is 16.2 Å². The second kappa shape index (κ2) is 33.6. The summed E-state index contributed by atoms with van der Waals surface area (Å²) in [7, 11) is 0. The number of hydrogen-bond donors (Lipinski definition) is 3. The topological polar surface area (TPSA) is 190 Å². The van der Waals surface area contributed by atoms with Gasteiger partial charge in [0.2, 0.25) is 0 Å². The van der Waals surface area contributed by atoms with Crippen LogP contribution >= 0.6 is 0 Å². The van der Waals surface area contributed by atoms with E-state index in [4.69, 9.17) is 29.2 Å². The molecule has 3 aliphatic carbocycles. The van der Waals surface area contributed by atoms with Crippen LogP contribution < -0.4 is 30.7 Å². The van der Waals surface area contributed by atoms with Crippen LogP contribution in [0.5, 0.6) is 0 Å². The number of benzene rings is 3. The van der Waals surface area contributed by atoms with Crippen LogP contribution in [0.15, 0.2) is 146 Å². The lowest BCUT2D eigenvalue weighted by Crippen LogP contribution is -2.36. The number of nitrogens with one attached hydrogen (secondary N) is 3. The van der Waals surface area contributed by atoms with E-state index in [0.717, 1.165) is 183 Å². The summed E-state index contributed by atoms with van der Waals surface area (Å²) in [6, 6.07) is 29.5. The third-order valence-electron chi connectivity index (χ3n) is 24.9. The summed E-state index contributed by atoms with van der Waals surface area (Å²) in [5.74, 6) is -0.480. The largest absolute Gasteiger partial charge is 0.378 e. The third kappa shape index (κ3) is 16.6. The fourth-order valence-electron chi connectivity index (χ4n) is 18.5. The van der Waals surface area contributed by atoms with Crippen molar-refractivity contribution < 1.29 is 40.6 Å². The van der Waals surface area contributed by atoms with E-state index in [1.54, 1.807) is 18.6 Å². The van der Waals surface area contributed by atoms with Crippen molar-refractivity contribution in [1.29, 1.82) is 0 Å². The summed E-state index contributed by atoms with van der Waals surface area (Å²) >= 11 is 0. The lowest BCUT2D eigenvalue weighted by atomic mass is 9.77. The van der Waals surface area contributed by atoms with E-state index in [1.807, 2.05) is 94.0 Å². The number of halogens is 6. The monoisotopic (exact) mass is 1590 g/mol. The van der Waals surface area contributed by atoms with Crippen molar-refractivity contribution in [3.63, 3.8) is 0 Å². The number of aromatic nitrogens is 9. The van der Waals surface area contributed by atoms with Gasteiger partial charge in [-0.05, 0) is 146 Å². The molecule has 6 fully saturated rings. The lowest BCUT2D eigenvalue weighted by molar-refractivity contribution is 0.122. The van der Waals surface area contributed by atoms with Crippen LogP contribution in [-0.2, 0) is 14.2 Å². The molecule has 3 N–H and O–H groups in total. The van der Waals surface area contributed by atoms with Crippen LogP contribution in [0.4, 0.5) is 77.9 Å². The van der Waals surface area contributed by atoms with Gasteiger partial charge in [-0.3, -0.25) is 15.0 Å². The second-order valence-corrected chi connectivity index (χ2v) is 33.7. The van der Waals surface area contributed by atoms with E-state index in [-0.39, 0.29) is 49.0 Å². The first-order valence-electron chi connectivity index (χ1n) is 40.9. The molecule has 6 aliphatic rings. The molecule has 18 nitrogen and oxygen atoms in total. The Bertz CT molecular complexity index is 5100. The molecule has 3 saturated heterocycles. The highest BCUT2D eigenvalue weighted by molar-refractivity contribution is 6.01. The predicted molar refractivity (Wildman–Crippen MR) is 452 cm³/mol. The maximum atomic E-state index is 15.4. The zero-order valence-electron chi connectivity index (χ0n) is 67.8. The Labute approximate surface area is 678 Å². The molecule has 606 valence electrons. The standard InChI is InChI=1S/3C31H33F2N5O/c3*1-19-29(24-8-4-5-10-34-24)37-26-16-20(32)15-23(33)28(26)30(19)36-25-17-27(38-11-13-39-14-12-38)35-18-21(25)22-7-6-9-31(22,2)3/h3*4-5,8,10,15-18,22H,6-7,9,11-14H2,1-3H3,(H,35,36,37)/t2*22-;/m10./s1. The fraction of sp³-hybridized carbons (Fsp3) is 0.387. The Morgan fingerprint density at radius 1 is 0.359 bits per heavy atom. The van der Waals surface area contributed by atoms with Gasteiger partial charge in [-0.1, -0.05) is 79.0 Å². The van der Waals surface area contributed by atoms with Gasteiger partial charge in [-0.2, -0.15) is 0 Å². The van der Waals surface area contributed by atoms with Crippen LogP contribution in [0.1, 0.15) is 150 Å². The molecule has 3 saturated carbocycles. The summed E-state index contributed by atoms with van der Waals surface area (Å²) in [5, 5.41) is 11.6. The Kier molecular flexibility index (Phi) is 22.9. The molecule has 3 atom stereocenters. The highest BCUT2D eigenvalue weighted by Gasteiger charge is 2.41. The zero-order valence-corrected chi connectivity index (χ0v) is 67.8. The number of morpholine rings is 3. The van der Waals surface area contributed by atoms with Crippen molar-refractivity contribution in [3.05, 3.63) is 215 Å². The van der Waals surface area contributed by atoms with E-state index >= 15 is 13.2 Å². The Morgan fingerprint density at radius 3 is 0.872 bits per heavy atom. The van der Waals surface area contributed by atoms with Crippen molar-refractivity contribution in [2.75, 3.05) is 110 Å². The zero-order chi connectivity index (χ0) is 81.4. The van der Waals surface area contributed by atoms with E-state index in [0.29, 0.717) is 109 Å². The number of hydrogen-bond acceptors (Lipinski definition) is 18. The van der Waals surface area contributed by atoms with Gasteiger partial charge in [0.25, 0.3) is 0 Å².